The predicted molar refractivity (Wildman–Crippen MR) is 63.6 cm³/mol. The number of alkyl halides is 2. The Balaban J connectivity index is 1.90. The molecule has 0 saturated heterocycles. The Morgan fingerprint density at radius 1 is 1.39 bits per heavy atom. The third-order valence-corrected chi connectivity index (χ3v) is 3.23. The van der Waals surface area contributed by atoms with Crippen LogP contribution in [0.15, 0.2) is 18.3 Å². The second-order valence-corrected chi connectivity index (χ2v) is 4.79. The molecule has 0 radical (unpaired) electrons. The van der Waals surface area contributed by atoms with Crippen molar-refractivity contribution in [2.75, 3.05) is 0 Å². The molecule has 0 aliphatic heterocycles. The van der Waals surface area contributed by atoms with E-state index in [0.717, 1.165) is 5.69 Å². The van der Waals surface area contributed by atoms with Crippen LogP contribution < -0.4 is 5.32 Å². The van der Waals surface area contributed by atoms with Crippen LogP contribution in [-0.4, -0.2) is 22.9 Å². The average Bonchev–Trinajstić information content (AvgIpc) is 2.33. The Morgan fingerprint density at radius 2 is 2.06 bits per heavy atom. The van der Waals surface area contributed by atoms with Gasteiger partial charge in [-0.1, -0.05) is 0 Å². The van der Waals surface area contributed by atoms with Crippen molar-refractivity contribution < 1.29 is 13.6 Å². The van der Waals surface area contributed by atoms with Crippen LogP contribution in [0, 0.1) is 6.92 Å². The molecule has 1 fully saturated rings. The molecule has 0 aromatic carbocycles. The Morgan fingerprint density at radius 3 is 2.61 bits per heavy atom. The monoisotopic (exact) mass is 254 g/mol. The van der Waals surface area contributed by atoms with Crippen LogP contribution in [0.3, 0.4) is 0 Å². The fourth-order valence-electron chi connectivity index (χ4n) is 2.06. The van der Waals surface area contributed by atoms with Crippen molar-refractivity contribution in [3.63, 3.8) is 0 Å². The molecule has 0 spiro atoms. The zero-order valence-corrected chi connectivity index (χ0v) is 10.2. The molecule has 3 nitrogen and oxygen atoms in total. The zero-order valence-electron chi connectivity index (χ0n) is 10.2. The van der Waals surface area contributed by atoms with Gasteiger partial charge in [0.1, 0.15) is 0 Å². The highest BCUT2D eigenvalue weighted by molar-refractivity contribution is 5.94. The normalized spacial score (nSPS) is 19.5. The van der Waals surface area contributed by atoms with Crippen molar-refractivity contribution in [2.24, 2.45) is 0 Å². The van der Waals surface area contributed by atoms with Crippen LogP contribution in [0.4, 0.5) is 8.78 Å². The lowest BCUT2D eigenvalue weighted by atomic mass is 9.92. The number of amides is 1. The third-order valence-electron chi connectivity index (χ3n) is 3.23. The van der Waals surface area contributed by atoms with Crippen molar-refractivity contribution in [3.05, 3.63) is 29.6 Å². The van der Waals surface area contributed by atoms with E-state index < -0.39 is 5.92 Å². The van der Waals surface area contributed by atoms with Crippen molar-refractivity contribution in [1.29, 1.82) is 0 Å². The number of aryl methyl sites for hydroxylation is 1. The summed E-state index contributed by atoms with van der Waals surface area (Å²) >= 11 is 0. The van der Waals surface area contributed by atoms with Crippen molar-refractivity contribution in [1.82, 2.24) is 10.3 Å². The number of hydrogen-bond donors (Lipinski definition) is 1. The highest BCUT2D eigenvalue weighted by Crippen LogP contribution is 2.33. The maximum Gasteiger partial charge on any atom is 0.253 e. The number of halogens is 2. The highest BCUT2D eigenvalue weighted by atomic mass is 19.3. The van der Waals surface area contributed by atoms with E-state index in [1.165, 1.54) is 6.20 Å². The van der Waals surface area contributed by atoms with E-state index in [4.69, 9.17) is 0 Å². The summed E-state index contributed by atoms with van der Waals surface area (Å²) in [6.07, 6.45) is 1.87. The van der Waals surface area contributed by atoms with Gasteiger partial charge in [-0.25, -0.2) is 8.78 Å². The summed E-state index contributed by atoms with van der Waals surface area (Å²) in [6.45, 7) is 1.84. The number of nitrogens with one attached hydrogen (secondary N) is 1. The molecule has 1 saturated carbocycles. The molecule has 0 unspecified atom stereocenters. The van der Waals surface area contributed by atoms with Gasteiger partial charge < -0.3 is 5.32 Å². The first-order chi connectivity index (χ1) is 8.46. The maximum atomic E-state index is 13.0. The topological polar surface area (TPSA) is 42.0 Å². The Bertz CT molecular complexity index is 421. The molecule has 2 rings (SSSR count). The van der Waals surface area contributed by atoms with Gasteiger partial charge in [0.2, 0.25) is 5.92 Å². The molecule has 1 N–H and O–H groups in total. The van der Waals surface area contributed by atoms with Gasteiger partial charge in [0.15, 0.2) is 0 Å². The summed E-state index contributed by atoms with van der Waals surface area (Å²) < 4.78 is 25.9. The van der Waals surface area contributed by atoms with E-state index in [2.05, 4.69) is 10.3 Å². The minimum Gasteiger partial charge on any atom is -0.349 e. The van der Waals surface area contributed by atoms with Crippen LogP contribution in [0.25, 0.3) is 0 Å². The minimum atomic E-state index is -2.56. The summed E-state index contributed by atoms with van der Waals surface area (Å²) in [4.78, 5) is 15.9. The van der Waals surface area contributed by atoms with E-state index in [-0.39, 0.29) is 24.8 Å². The smallest absolute Gasteiger partial charge is 0.253 e. The first-order valence-corrected chi connectivity index (χ1v) is 6.08. The standard InChI is InChI=1S/C13H16F2N2O/c1-9-2-3-10(8-16-9)12(18)17-11-4-6-13(14,15)7-5-11/h2-3,8,11H,4-7H2,1H3,(H,17,18). The van der Waals surface area contributed by atoms with E-state index in [0.29, 0.717) is 18.4 Å². The number of carbonyl (C=O) groups is 1. The minimum absolute atomic E-state index is 0.149. The molecular weight excluding hydrogens is 238 g/mol. The van der Waals surface area contributed by atoms with Gasteiger partial charge in [0.05, 0.1) is 5.56 Å². The quantitative estimate of drug-likeness (QED) is 0.881. The van der Waals surface area contributed by atoms with Gasteiger partial charge >= 0.3 is 0 Å². The zero-order chi connectivity index (χ0) is 13.2. The van der Waals surface area contributed by atoms with E-state index >= 15 is 0 Å². The molecule has 0 atom stereocenters. The largest absolute Gasteiger partial charge is 0.349 e. The fourth-order valence-corrected chi connectivity index (χ4v) is 2.06. The molecule has 1 amide bonds. The van der Waals surface area contributed by atoms with Crippen LogP contribution in [0.2, 0.25) is 0 Å². The summed E-state index contributed by atoms with van der Waals surface area (Å²) in [7, 11) is 0. The molecule has 1 heterocycles. The molecule has 1 aromatic rings. The third kappa shape index (κ3) is 3.24. The highest BCUT2D eigenvalue weighted by Gasteiger charge is 2.35. The van der Waals surface area contributed by atoms with Gasteiger partial charge in [0, 0.05) is 30.8 Å². The number of carbonyl (C=O) groups excluding carboxylic acids is 1. The molecule has 1 aliphatic rings. The summed E-state index contributed by atoms with van der Waals surface area (Å²) in [5, 5.41) is 2.78. The number of nitrogens with zero attached hydrogens (tertiary/aromatic N) is 1. The SMILES string of the molecule is Cc1ccc(C(=O)NC2CCC(F)(F)CC2)cn1. The fraction of sp³-hybridized carbons (Fsp3) is 0.538. The maximum absolute atomic E-state index is 13.0. The molecule has 1 aliphatic carbocycles. The van der Waals surface area contributed by atoms with Gasteiger partial charge in [0.25, 0.3) is 5.91 Å². The molecule has 5 heteroatoms. The average molecular weight is 254 g/mol. The Labute approximate surface area is 105 Å². The summed E-state index contributed by atoms with van der Waals surface area (Å²) in [5.74, 6) is -2.80. The van der Waals surface area contributed by atoms with Gasteiger partial charge in [-0.3, -0.25) is 9.78 Å². The number of hydrogen-bond acceptors (Lipinski definition) is 2. The van der Waals surface area contributed by atoms with Crippen LogP contribution in [0.1, 0.15) is 41.7 Å². The molecule has 0 bridgehead atoms. The molecule has 98 valence electrons. The lowest BCUT2D eigenvalue weighted by Gasteiger charge is -2.28. The Kier molecular flexibility index (Phi) is 3.59. The number of pyridine rings is 1. The summed E-state index contributed by atoms with van der Waals surface area (Å²) in [6, 6.07) is 3.29. The second-order valence-electron chi connectivity index (χ2n) is 4.79. The van der Waals surface area contributed by atoms with Crippen molar-refractivity contribution in [2.45, 2.75) is 44.6 Å². The van der Waals surface area contributed by atoms with Gasteiger partial charge in [-0.2, -0.15) is 0 Å². The second kappa shape index (κ2) is 5.00. The Hall–Kier alpha value is -1.52. The van der Waals surface area contributed by atoms with Crippen molar-refractivity contribution >= 4 is 5.91 Å². The number of rotatable bonds is 2. The molecule has 1 aromatic heterocycles. The van der Waals surface area contributed by atoms with Crippen LogP contribution in [-0.2, 0) is 0 Å². The van der Waals surface area contributed by atoms with Crippen molar-refractivity contribution in [3.8, 4) is 0 Å². The first kappa shape index (κ1) is 12.9. The molecular formula is C13H16F2N2O. The predicted octanol–water partition coefficient (Wildman–Crippen LogP) is 2.70. The van der Waals surface area contributed by atoms with Gasteiger partial charge in [-0.15, -0.1) is 0 Å². The number of aromatic nitrogens is 1. The molecule has 18 heavy (non-hydrogen) atoms. The van der Waals surface area contributed by atoms with E-state index in [1.54, 1.807) is 12.1 Å². The lowest BCUT2D eigenvalue weighted by Crippen LogP contribution is -2.40. The van der Waals surface area contributed by atoms with E-state index in [9.17, 15) is 13.6 Å². The summed E-state index contributed by atoms with van der Waals surface area (Å²) in [5.41, 5.74) is 1.31. The van der Waals surface area contributed by atoms with Gasteiger partial charge in [-0.05, 0) is 31.9 Å². The first-order valence-electron chi connectivity index (χ1n) is 6.08. The van der Waals surface area contributed by atoms with Crippen LogP contribution in [0.5, 0.6) is 0 Å². The lowest BCUT2D eigenvalue weighted by molar-refractivity contribution is -0.0399. The van der Waals surface area contributed by atoms with Crippen LogP contribution >= 0.6 is 0 Å². The van der Waals surface area contributed by atoms with E-state index in [1.807, 2.05) is 6.92 Å².